The molecule has 4 fully saturated rings. The first-order valence-corrected chi connectivity index (χ1v) is 28.1. The molecule has 436 valence electrons. The number of ketones is 4. The molecule has 0 N–H and O–H groups in total. The summed E-state index contributed by atoms with van der Waals surface area (Å²) in [6, 6.07) is 0.691. The third kappa shape index (κ3) is 29.1. The van der Waals surface area contributed by atoms with E-state index in [2.05, 4.69) is 103 Å². The number of likely N-dealkylation sites (tertiary alicyclic amines) is 2. The van der Waals surface area contributed by atoms with Crippen LogP contribution < -0.4 is 0 Å². The van der Waals surface area contributed by atoms with Gasteiger partial charge in [0.05, 0.1) is 0 Å². The molecule has 75 heavy (non-hydrogen) atoms. The van der Waals surface area contributed by atoms with E-state index >= 15 is 0 Å². The van der Waals surface area contributed by atoms with Gasteiger partial charge in [0, 0.05) is 178 Å². The Balaban J connectivity index is 0.000000971. The van der Waals surface area contributed by atoms with Crippen LogP contribution in [0.25, 0.3) is 0 Å². The maximum atomic E-state index is 12.1. The zero-order valence-electron chi connectivity index (χ0n) is 50.4. The van der Waals surface area contributed by atoms with Crippen molar-refractivity contribution in [2.45, 2.75) is 242 Å². The SMILES string of the molecule is C.CC(=O)CCC(=O)N(C)C1CCN(C(C)(C)C)CC1.CC(=O)CCC(=O)N1CCN(C(C)(C)C)CC1.CC(=O)CCCC(=O)N(C)C1CCN(C(C)(C)C)CC1.CC(=O)CCCC(=O)N1CCN(C(C)(C)C)CC1. The first-order chi connectivity index (χ1) is 34.0. The number of hydrogen-bond donors (Lipinski definition) is 0. The molecule has 0 radical (unpaired) electrons. The van der Waals surface area contributed by atoms with Crippen molar-refractivity contribution >= 4 is 46.8 Å². The highest BCUT2D eigenvalue weighted by Gasteiger charge is 2.33. The minimum absolute atomic E-state index is 0. The molecule has 16 heteroatoms. The predicted octanol–water partition coefficient (Wildman–Crippen LogP) is 8.17. The number of Topliss-reactive ketones (excluding diaryl/α,β-unsaturated/α-hetero) is 4. The molecule has 4 aliphatic heterocycles. The van der Waals surface area contributed by atoms with E-state index in [1.165, 1.54) is 13.8 Å². The third-order valence-corrected chi connectivity index (χ3v) is 15.1. The second-order valence-electron chi connectivity index (χ2n) is 25.4. The second kappa shape index (κ2) is 33.6. The Morgan fingerprint density at radius 2 is 0.600 bits per heavy atom. The van der Waals surface area contributed by atoms with Crippen LogP contribution in [0.1, 0.15) is 208 Å². The molecular formula is C59H112N8O8. The average Bonchev–Trinajstić information content (AvgIpc) is 3.31. The molecule has 0 aromatic carbocycles. The average molecular weight is 1060 g/mol. The summed E-state index contributed by atoms with van der Waals surface area (Å²) in [5.41, 5.74) is 0.787. The van der Waals surface area contributed by atoms with Gasteiger partial charge in [-0.2, -0.15) is 0 Å². The van der Waals surface area contributed by atoms with E-state index in [9.17, 15) is 38.4 Å². The topological polar surface area (TPSA) is 162 Å². The highest BCUT2D eigenvalue weighted by molar-refractivity contribution is 5.84. The van der Waals surface area contributed by atoms with Crippen molar-refractivity contribution in [1.82, 2.24) is 39.2 Å². The van der Waals surface area contributed by atoms with Gasteiger partial charge in [-0.1, -0.05) is 7.43 Å². The number of piperazine rings is 2. The summed E-state index contributed by atoms with van der Waals surface area (Å²) >= 11 is 0. The number of piperidine rings is 2. The number of amides is 4. The van der Waals surface area contributed by atoms with Gasteiger partial charge in [-0.15, -0.1) is 0 Å². The van der Waals surface area contributed by atoms with E-state index in [1.54, 1.807) is 13.8 Å². The lowest BCUT2D eigenvalue weighted by Crippen LogP contribution is -2.54. The van der Waals surface area contributed by atoms with Crippen LogP contribution in [0.3, 0.4) is 0 Å². The van der Waals surface area contributed by atoms with Crippen molar-refractivity contribution in [3.63, 3.8) is 0 Å². The molecule has 0 saturated carbocycles. The summed E-state index contributed by atoms with van der Waals surface area (Å²) in [5.74, 6) is 1.11. The number of rotatable bonds is 16. The summed E-state index contributed by atoms with van der Waals surface area (Å²) in [7, 11) is 3.79. The minimum atomic E-state index is 0. The normalized spacial score (nSPS) is 17.9. The largest absolute Gasteiger partial charge is 0.343 e. The first kappa shape index (κ1) is 71.4. The maximum Gasteiger partial charge on any atom is 0.223 e. The Hall–Kier alpha value is -3.60. The monoisotopic (exact) mass is 1060 g/mol. The molecule has 0 aliphatic carbocycles. The van der Waals surface area contributed by atoms with Crippen molar-refractivity contribution in [3.8, 4) is 0 Å². The van der Waals surface area contributed by atoms with E-state index in [4.69, 9.17) is 0 Å². The van der Waals surface area contributed by atoms with Gasteiger partial charge in [-0.25, -0.2) is 0 Å². The van der Waals surface area contributed by atoms with Gasteiger partial charge in [0.1, 0.15) is 23.1 Å². The molecule has 0 aromatic heterocycles. The highest BCUT2D eigenvalue weighted by atomic mass is 16.2. The predicted molar refractivity (Wildman–Crippen MR) is 306 cm³/mol. The van der Waals surface area contributed by atoms with Gasteiger partial charge in [0.25, 0.3) is 0 Å². The van der Waals surface area contributed by atoms with Crippen molar-refractivity contribution in [1.29, 1.82) is 0 Å². The molecule has 16 nitrogen and oxygen atoms in total. The van der Waals surface area contributed by atoms with E-state index in [1.807, 2.05) is 33.7 Å². The molecule has 4 heterocycles. The Labute approximate surface area is 457 Å². The van der Waals surface area contributed by atoms with E-state index in [-0.39, 0.29) is 76.3 Å². The molecule has 4 rings (SSSR count). The summed E-state index contributed by atoms with van der Waals surface area (Å²) < 4.78 is 0. The van der Waals surface area contributed by atoms with E-state index < -0.39 is 0 Å². The van der Waals surface area contributed by atoms with Crippen LogP contribution in [0.2, 0.25) is 0 Å². The van der Waals surface area contributed by atoms with Crippen LogP contribution in [0.5, 0.6) is 0 Å². The number of carbonyl (C=O) groups excluding carboxylic acids is 8. The zero-order chi connectivity index (χ0) is 56.8. The van der Waals surface area contributed by atoms with Crippen LogP contribution in [-0.2, 0) is 38.4 Å². The smallest absolute Gasteiger partial charge is 0.223 e. The summed E-state index contributed by atoms with van der Waals surface area (Å²) in [6.07, 6.45) is 9.02. The quantitative estimate of drug-likeness (QED) is 0.146. The first-order valence-electron chi connectivity index (χ1n) is 28.1. The van der Waals surface area contributed by atoms with Crippen molar-refractivity contribution in [2.24, 2.45) is 0 Å². The molecule has 4 saturated heterocycles. The van der Waals surface area contributed by atoms with Gasteiger partial charge in [-0.3, -0.25) is 38.8 Å². The van der Waals surface area contributed by atoms with Crippen LogP contribution in [0, 0.1) is 0 Å². The molecule has 0 atom stereocenters. The van der Waals surface area contributed by atoms with Crippen LogP contribution in [-0.4, -0.2) is 213 Å². The molecule has 0 aromatic rings. The molecule has 4 amide bonds. The lowest BCUT2D eigenvalue weighted by Gasteiger charge is -2.43. The van der Waals surface area contributed by atoms with Crippen LogP contribution >= 0.6 is 0 Å². The van der Waals surface area contributed by atoms with Crippen molar-refractivity contribution in [2.75, 3.05) is 92.6 Å². The van der Waals surface area contributed by atoms with Gasteiger partial charge in [0.15, 0.2) is 0 Å². The molecule has 0 spiro atoms. The fourth-order valence-electron chi connectivity index (χ4n) is 9.72. The minimum Gasteiger partial charge on any atom is -0.343 e. The Bertz CT molecular complexity index is 1760. The molecule has 4 aliphatic rings. The Kier molecular flexibility index (Phi) is 32.0. The highest BCUT2D eigenvalue weighted by Crippen LogP contribution is 2.25. The fourth-order valence-corrected chi connectivity index (χ4v) is 9.72. The van der Waals surface area contributed by atoms with Crippen LogP contribution in [0.4, 0.5) is 0 Å². The molecular weight excluding hydrogens is 949 g/mol. The van der Waals surface area contributed by atoms with Gasteiger partial charge < -0.3 is 38.8 Å². The van der Waals surface area contributed by atoms with Gasteiger partial charge >= 0.3 is 0 Å². The standard InChI is InChI=1S/C16H30N2O2.C15H28N2O2.C14H26N2O2.C13H24N2O2.CH4/c1-13(19)7-6-8-15(20)17(5)14-9-11-18(12-10-14)16(2,3)4;1-12(18)6-7-14(19)16(5)13-8-10-17(11-9-13)15(2,3)4;1-12(17)6-5-7-13(18)15-8-10-16(11-9-15)14(2,3)4;1-11(16)5-6-12(17)14-7-9-15(10-8-14)13(2,3)4;/h14H,6-12H2,1-5H3;13H,6-11H2,1-5H3;5-11H2,1-4H3;5-10H2,1-4H3;1H4. The van der Waals surface area contributed by atoms with Crippen LogP contribution in [0.15, 0.2) is 0 Å². The summed E-state index contributed by atoms with van der Waals surface area (Å²) in [4.78, 5) is 109. The second-order valence-corrected chi connectivity index (χ2v) is 25.4. The zero-order valence-corrected chi connectivity index (χ0v) is 50.4. The maximum absolute atomic E-state index is 12.1. The van der Waals surface area contributed by atoms with Gasteiger partial charge in [-0.05, 0) is 149 Å². The van der Waals surface area contributed by atoms with Crippen molar-refractivity contribution in [3.05, 3.63) is 0 Å². The third-order valence-electron chi connectivity index (χ3n) is 15.1. The molecule has 0 unspecified atom stereocenters. The lowest BCUT2D eigenvalue weighted by atomic mass is 9.97. The summed E-state index contributed by atoms with van der Waals surface area (Å²) in [6.45, 7) is 44.0. The number of hydrogen-bond acceptors (Lipinski definition) is 12. The Morgan fingerprint density at radius 1 is 0.347 bits per heavy atom. The lowest BCUT2D eigenvalue weighted by molar-refractivity contribution is -0.135. The fraction of sp³-hybridized carbons (Fsp3) is 0.864. The molecule has 0 bridgehead atoms. The number of carbonyl (C=O) groups is 8. The van der Waals surface area contributed by atoms with Gasteiger partial charge in [0.2, 0.25) is 23.6 Å². The Morgan fingerprint density at radius 3 is 0.893 bits per heavy atom. The van der Waals surface area contributed by atoms with Crippen molar-refractivity contribution < 1.29 is 38.4 Å². The van der Waals surface area contributed by atoms with E-state index in [0.717, 1.165) is 104 Å². The van der Waals surface area contributed by atoms with E-state index in [0.29, 0.717) is 76.3 Å². The summed E-state index contributed by atoms with van der Waals surface area (Å²) in [5, 5.41) is 0. The number of nitrogens with zero attached hydrogens (tertiary/aromatic N) is 8.